The Morgan fingerprint density at radius 3 is 3.00 bits per heavy atom. The van der Waals surface area contributed by atoms with E-state index in [9.17, 15) is 4.79 Å². The third-order valence-electron chi connectivity index (χ3n) is 0.750. The minimum Gasteiger partial charge on any atom is -0.268 e. The first-order valence-corrected chi connectivity index (χ1v) is 3.01. The average molecular weight is 126 g/mol. The Bertz CT molecular complexity index is 171. The summed E-state index contributed by atoms with van der Waals surface area (Å²) < 4.78 is 0. The zero-order valence-corrected chi connectivity index (χ0v) is 5.16. The Labute approximate surface area is 51.7 Å². The number of carbonyl (C=O) groups is 1. The van der Waals surface area contributed by atoms with Crippen molar-refractivity contribution >= 4 is 23.1 Å². The van der Waals surface area contributed by atoms with Crippen LogP contribution in [0.3, 0.4) is 0 Å². The molecular weight excluding hydrogens is 122 g/mol. The highest BCUT2D eigenvalue weighted by Gasteiger charge is 2.17. The lowest BCUT2D eigenvalue weighted by molar-refractivity contribution is -0.113. The van der Waals surface area contributed by atoms with Gasteiger partial charge in [0.2, 0.25) is 0 Å². The van der Waals surface area contributed by atoms with Gasteiger partial charge in [0, 0.05) is 11.9 Å². The van der Waals surface area contributed by atoms with Crippen LogP contribution >= 0.6 is 11.8 Å². The van der Waals surface area contributed by atoms with E-state index in [0.717, 1.165) is 0 Å². The highest BCUT2D eigenvalue weighted by molar-refractivity contribution is 8.14. The number of hydrogen-bond donors (Lipinski definition) is 0. The van der Waals surface area contributed by atoms with Crippen LogP contribution in [0.1, 0.15) is 6.92 Å². The molecule has 0 fully saturated rings. The first-order valence-electron chi connectivity index (χ1n) is 2.13. The molecule has 1 aliphatic rings. The van der Waals surface area contributed by atoms with Crippen molar-refractivity contribution in [3.8, 4) is 0 Å². The van der Waals surface area contributed by atoms with Gasteiger partial charge in [-0.25, -0.2) is 0 Å². The van der Waals surface area contributed by atoms with Crippen molar-refractivity contribution < 1.29 is 4.79 Å². The first-order chi connectivity index (χ1) is 3.80. The third-order valence-corrected chi connectivity index (χ3v) is 1.29. The van der Waals surface area contributed by atoms with Gasteiger partial charge in [-0.3, -0.25) is 4.79 Å². The lowest BCUT2D eigenvalue weighted by atomic mass is 10.4. The standard InChI is InChI=1S/C5H4NOS/c1-4(7)5-2-8-3-6-5/h2H,1H3/q+1. The molecule has 0 aromatic rings. The molecule has 0 unspecified atom stereocenters. The van der Waals surface area contributed by atoms with Crippen molar-refractivity contribution in [2.24, 2.45) is 4.99 Å². The van der Waals surface area contributed by atoms with Crippen LogP contribution in [0.25, 0.3) is 0 Å². The summed E-state index contributed by atoms with van der Waals surface area (Å²) >= 11 is 1.31. The van der Waals surface area contributed by atoms with Gasteiger partial charge in [-0.1, -0.05) is 0 Å². The van der Waals surface area contributed by atoms with Gasteiger partial charge in [0.05, 0.1) is 0 Å². The summed E-state index contributed by atoms with van der Waals surface area (Å²) in [6, 6.07) is 0. The highest BCUT2D eigenvalue weighted by Crippen LogP contribution is 2.13. The molecule has 0 bridgehead atoms. The van der Waals surface area contributed by atoms with Gasteiger partial charge in [-0.2, -0.15) is 0 Å². The number of aliphatic imine (C=N–C) groups is 1. The molecule has 0 aliphatic carbocycles. The summed E-state index contributed by atoms with van der Waals surface area (Å²) in [5.74, 6) is 0.00231. The predicted molar refractivity (Wildman–Crippen MR) is 33.8 cm³/mol. The van der Waals surface area contributed by atoms with Gasteiger partial charge in [0.1, 0.15) is 17.2 Å². The summed E-state index contributed by atoms with van der Waals surface area (Å²) in [5.41, 5.74) is 3.09. The third kappa shape index (κ3) is 0.941. The molecule has 0 spiro atoms. The first kappa shape index (κ1) is 5.48. The smallest absolute Gasteiger partial charge is 0.268 e. The van der Waals surface area contributed by atoms with E-state index >= 15 is 0 Å². The fourth-order valence-corrected chi connectivity index (χ4v) is 0.880. The van der Waals surface area contributed by atoms with Crippen LogP contribution in [0, 0.1) is 0 Å². The quantitative estimate of drug-likeness (QED) is 0.492. The normalized spacial score (nSPS) is 15.4. The second-order valence-corrected chi connectivity index (χ2v) is 2.03. The topological polar surface area (TPSA) is 29.4 Å². The van der Waals surface area contributed by atoms with Crippen LogP contribution in [-0.2, 0) is 4.79 Å². The van der Waals surface area contributed by atoms with E-state index < -0.39 is 0 Å². The van der Waals surface area contributed by atoms with E-state index in [2.05, 4.69) is 10.5 Å². The fraction of sp³-hybridized carbons (Fsp3) is 0.200. The molecule has 1 aliphatic heterocycles. The van der Waals surface area contributed by atoms with Crippen molar-refractivity contribution in [1.29, 1.82) is 0 Å². The maximum atomic E-state index is 10.4. The average Bonchev–Trinajstić information content (AvgIpc) is 2.12. The fourth-order valence-electron chi connectivity index (χ4n) is 0.346. The van der Waals surface area contributed by atoms with E-state index in [1.165, 1.54) is 18.7 Å². The molecule has 2 nitrogen and oxygen atoms in total. The van der Waals surface area contributed by atoms with Gasteiger partial charge in [0.25, 0.3) is 17.0 Å². The number of Topliss-reactive ketones (excluding diaryl/α,β-unsaturated/α-hetero) is 1. The Morgan fingerprint density at radius 2 is 2.75 bits per heavy atom. The summed E-state index contributed by atoms with van der Waals surface area (Å²) in [5, 5.41) is 1.68. The second kappa shape index (κ2) is 2.07. The molecule has 0 saturated carbocycles. The Balaban J connectivity index is 2.72. The minimum atomic E-state index is 0.00231. The minimum absolute atomic E-state index is 0.00231. The number of rotatable bonds is 1. The molecule has 3 heteroatoms. The van der Waals surface area contributed by atoms with E-state index in [1.807, 2.05) is 0 Å². The Kier molecular flexibility index (Phi) is 1.42. The molecule has 0 atom stereocenters. The van der Waals surface area contributed by atoms with Gasteiger partial charge in [-0.15, -0.1) is 0 Å². The van der Waals surface area contributed by atoms with Crippen LogP contribution in [-0.4, -0.2) is 11.3 Å². The number of hydrogen-bond acceptors (Lipinski definition) is 3. The lowest BCUT2D eigenvalue weighted by Crippen LogP contribution is -1.88. The van der Waals surface area contributed by atoms with E-state index in [4.69, 9.17) is 0 Å². The van der Waals surface area contributed by atoms with E-state index in [-0.39, 0.29) is 5.78 Å². The molecule has 8 heavy (non-hydrogen) atoms. The molecule has 0 aromatic heterocycles. The van der Waals surface area contributed by atoms with Gasteiger partial charge < -0.3 is 0 Å². The Morgan fingerprint density at radius 1 is 2.00 bits per heavy atom. The Hall–Kier alpha value is -0.660. The van der Waals surface area contributed by atoms with Crippen LogP contribution < -0.4 is 0 Å². The maximum Gasteiger partial charge on any atom is 0.272 e. The largest absolute Gasteiger partial charge is 0.272 e. The summed E-state index contributed by atoms with van der Waals surface area (Å²) in [6.07, 6.45) is 0. The van der Waals surface area contributed by atoms with Crippen molar-refractivity contribution in [2.45, 2.75) is 6.92 Å². The molecule has 0 N–H and O–H groups in total. The molecule has 1 rings (SSSR count). The van der Waals surface area contributed by atoms with Crippen LogP contribution in [0.4, 0.5) is 0 Å². The van der Waals surface area contributed by atoms with Crippen molar-refractivity contribution in [3.05, 3.63) is 11.1 Å². The zero-order chi connectivity index (χ0) is 5.98. The number of allylic oxidation sites excluding steroid dienone is 1. The molecular formula is C5H4NOS+. The number of thioether (sulfide) groups is 1. The number of ketones is 1. The molecule has 0 amide bonds. The SMILES string of the molecule is CC(=O)C1=CS[C+]=N1. The van der Waals surface area contributed by atoms with Crippen molar-refractivity contribution in [3.63, 3.8) is 0 Å². The zero-order valence-electron chi connectivity index (χ0n) is 4.34. The van der Waals surface area contributed by atoms with E-state index in [1.54, 1.807) is 5.41 Å². The van der Waals surface area contributed by atoms with Gasteiger partial charge >= 0.3 is 0 Å². The van der Waals surface area contributed by atoms with Crippen LogP contribution in [0.15, 0.2) is 16.1 Å². The summed E-state index contributed by atoms with van der Waals surface area (Å²) in [7, 11) is 0. The summed E-state index contributed by atoms with van der Waals surface area (Å²) in [6.45, 7) is 1.49. The molecule has 0 aromatic carbocycles. The second-order valence-electron chi connectivity index (χ2n) is 1.38. The number of carbonyl (C=O) groups excluding carboxylic acids is 1. The monoisotopic (exact) mass is 126 g/mol. The summed E-state index contributed by atoms with van der Waals surface area (Å²) in [4.78, 5) is 14.1. The van der Waals surface area contributed by atoms with Gasteiger partial charge in [-0.05, 0) is 0 Å². The van der Waals surface area contributed by atoms with E-state index in [0.29, 0.717) is 5.70 Å². The molecule has 40 valence electrons. The number of nitrogens with zero attached hydrogens (tertiary/aromatic N) is 1. The van der Waals surface area contributed by atoms with Crippen LogP contribution in [0.5, 0.6) is 0 Å². The molecule has 0 radical (unpaired) electrons. The van der Waals surface area contributed by atoms with Crippen molar-refractivity contribution in [2.75, 3.05) is 0 Å². The molecule has 1 heterocycles. The van der Waals surface area contributed by atoms with Crippen LogP contribution in [0.2, 0.25) is 0 Å². The molecule has 0 saturated heterocycles. The van der Waals surface area contributed by atoms with Gasteiger partial charge in [0.15, 0.2) is 0 Å². The highest BCUT2D eigenvalue weighted by atomic mass is 32.2. The lowest BCUT2D eigenvalue weighted by Gasteiger charge is -1.70. The maximum absolute atomic E-state index is 10.4. The van der Waals surface area contributed by atoms with Crippen molar-refractivity contribution in [1.82, 2.24) is 0 Å². The predicted octanol–water partition coefficient (Wildman–Crippen LogP) is 1.07.